The van der Waals surface area contributed by atoms with Crippen LogP contribution in [-0.4, -0.2) is 34.2 Å². The lowest BCUT2D eigenvalue weighted by Gasteiger charge is -2.15. The SMILES string of the molecule is O=C(Cn1cccn1)N[C@H]1CCCCNC1=O. The van der Waals surface area contributed by atoms with Gasteiger partial charge in [0.05, 0.1) is 0 Å². The summed E-state index contributed by atoms with van der Waals surface area (Å²) in [4.78, 5) is 23.3. The largest absolute Gasteiger partial charge is 0.354 e. The maximum atomic E-state index is 11.7. The molecule has 1 aliphatic rings. The molecule has 0 unspecified atom stereocenters. The monoisotopic (exact) mass is 236 g/mol. The fraction of sp³-hybridized carbons (Fsp3) is 0.545. The first-order valence-corrected chi connectivity index (χ1v) is 5.80. The first kappa shape index (κ1) is 11.6. The number of rotatable bonds is 3. The van der Waals surface area contributed by atoms with E-state index in [1.54, 1.807) is 18.5 Å². The van der Waals surface area contributed by atoms with E-state index in [1.807, 2.05) is 0 Å². The molecule has 0 aromatic carbocycles. The zero-order valence-corrected chi connectivity index (χ0v) is 9.56. The molecule has 2 rings (SSSR count). The highest BCUT2D eigenvalue weighted by atomic mass is 16.2. The molecule has 2 heterocycles. The third kappa shape index (κ3) is 3.30. The number of hydrogen-bond donors (Lipinski definition) is 2. The number of nitrogens with one attached hydrogen (secondary N) is 2. The molecular weight excluding hydrogens is 220 g/mol. The van der Waals surface area contributed by atoms with E-state index in [4.69, 9.17) is 0 Å². The molecule has 0 bridgehead atoms. The molecule has 0 spiro atoms. The molecule has 1 aromatic rings. The van der Waals surface area contributed by atoms with Gasteiger partial charge in [0.25, 0.3) is 0 Å². The van der Waals surface area contributed by atoms with Crippen LogP contribution < -0.4 is 10.6 Å². The summed E-state index contributed by atoms with van der Waals surface area (Å²) in [5, 5.41) is 9.46. The summed E-state index contributed by atoms with van der Waals surface area (Å²) in [5.74, 6) is -0.271. The highest BCUT2D eigenvalue weighted by molar-refractivity contribution is 5.87. The van der Waals surface area contributed by atoms with Crippen molar-refractivity contribution in [3.8, 4) is 0 Å². The number of carbonyl (C=O) groups is 2. The van der Waals surface area contributed by atoms with Gasteiger partial charge in [0.1, 0.15) is 12.6 Å². The van der Waals surface area contributed by atoms with Gasteiger partial charge in [-0.2, -0.15) is 5.10 Å². The minimum Gasteiger partial charge on any atom is -0.354 e. The van der Waals surface area contributed by atoms with Gasteiger partial charge >= 0.3 is 0 Å². The topological polar surface area (TPSA) is 76.0 Å². The Labute approximate surface area is 99.4 Å². The summed E-state index contributed by atoms with van der Waals surface area (Å²) in [6.07, 6.45) is 5.96. The van der Waals surface area contributed by atoms with Crippen LogP contribution in [0.2, 0.25) is 0 Å². The van der Waals surface area contributed by atoms with Crippen molar-refractivity contribution in [2.45, 2.75) is 31.8 Å². The lowest BCUT2D eigenvalue weighted by Crippen LogP contribution is -2.46. The van der Waals surface area contributed by atoms with Gasteiger partial charge in [-0.3, -0.25) is 14.3 Å². The van der Waals surface area contributed by atoms with Crippen LogP contribution in [0.25, 0.3) is 0 Å². The lowest BCUT2D eigenvalue weighted by molar-refractivity contribution is -0.129. The van der Waals surface area contributed by atoms with Gasteiger partial charge in [-0.25, -0.2) is 0 Å². The molecule has 0 saturated carbocycles. The van der Waals surface area contributed by atoms with Crippen molar-refractivity contribution >= 4 is 11.8 Å². The minimum absolute atomic E-state index is 0.0867. The molecule has 1 fully saturated rings. The Morgan fingerprint density at radius 1 is 1.59 bits per heavy atom. The van der Waals surface area contributed by atoms with Crippen molar-refractivity contribution in [1.29, 1.82) is 0 Å². The van der Waals surface area contributed by atoms with Gasteiger partial charge in [-0.15, -0.1) is 0 Å². The summed E-state index contributed by atoms with van der Waals surface area (Å²) < 4.78 is 1.53. The van der Waals surface area contributed by atoms with Gasteiger partial charge in [0.15, 0.2) is 0 Å². The highest BCUT2D eigenvalue weighted by Crippen LogP contribution is 2.05. The molecule has 2 amide bonds. The normalized spacial score (nSPS) is 20.5. The van der Waals surface area contributed by atoms with Crippen LogP contribution in [0.1, 0.15) is 19.3 Å². The second-order valence-corrected chi connectivity index (χ2v) is 4.11. The number of aromatic nitrogens is 2. The molecule has 6 heteroatoms. The highest BCUT2D eigenvalue weighted by Gasteiger charge is 2.22. The molecule has 0 aliphatic carbocycles. The zero-order valence-electron chi connectivity index (χ0n) is 9.56. The molecule has 0 radical (unpaired) electrons. The molecular formula is C11H16N4O2. The van der Waals surface area contributed by atoms with Crippen LogP contribution in [0.5, 0.6) is 0 Å². The van der Waals surface area contributed by atoms with E-state index in [1.165, 1.54) is 4.68 Å². The maximum absolute atomic E-state index is 11.7. The maximum Gasteiger partial charge on any atom is 0.242 e. The van der Waals surface area contributed by atoms with Gasteiger partial charge in [-0.1, -0.05) is 0 Å². The van der Waals surface area contributed by atoms with Crippen molar-refractivity contribution in [2.75, 3.05) is 6.54 Å². The Hall–Kier alpha value is -1.85. The molecule has 1 aliphatic heterocycles. The van der Waals surface area contributed by atoms with Crippen molar-refractivity contribution < 1.29 is 9.59 Å². The number of carbonyl (C=O) groups excluding carboxylic acids is 2. The van der Waals surface area contributed by atoms with E-state index < -0.39 is 6.04 Å². The van der Waals surface area contributed by atoms with E-state index in [0.29, 0.717) is 13.0 Å². The van der Waals surface area contributed by atoms with E-state index >= 15 is 0 Å². The van der Waals surface area contributed by atoms with Gasteiger partial charge in [0, 0.05) is 18.9 Å². The molecule has 2 N–H and O–H groups in total. The van der Waals surface area contributed by atoms with E-state index in [9.17, 15) is 9.59 Å². The predicted molar refractivity (Wildman–Crippen MR) is 61.0 cm³/mol. The summed E-state index contributed by atoms with van der Waals surface area (Å²) in [7, 11) is 0. The van der Waals surface area contributed by atoms with Crippen LogP contribution in [0.15, 0.2) is 18.5 Å². The third-order valence-electron chi connectivity index (χ3n) is 2.74. The summed E-state index contributed by atoms with van der Waals surface area (Å²) in [5.41, 5.74) is 0. The van der Waals surface area contributed by atoms with Gasteiger partial charge in [0.2, 0.25) is 11.8 Å². The van der Waals surface area contributed by atoms with Crippen LogP contribution in [0.4, 0.5) is 0 Å². The van der Waals surface area contributed by atoms with Crippen molar-refractivity contribution in [1.82, 2.24) is 20.4 Å². The lowest BCUT2D eigenvalue weighted by atomic mass is 10.1. The summed E-state index contributed by atoms with van der Waals surface area (Å²) in [6, 6.07) is 1.35. The Morgan fingerprint density at radius 3 is 3.24 bits per heavy atom. The molecule has 92 valence electrons. The van der Waals surface area contributed by atoms with Crippen molar-refractivity contribution in [2.24, 2.45) is 0 Å². The fourth-order valence-corrected chi connectivity index (χ4v) is 1.86. The van der Waals surface area contributed by atoms with Crippen LogP contribution in [-0.2, 0) is 16.1 Å². The summed E-state index contributed by atoms with van der Waals surface area (Å²) >= 11 is 0. The van der Waals surface area contributed by atoms with Gasteiger partial charge in [-0.05, 0) is 25.3 Å². The van der Waals surface area contributed by atoms with Gasteiger partial charge < -0.3 is 10.6 Å². The molecule has 17 heavy (non-hydrogen) atoms. The first-order valence-electron chi connectivity index (χ1n) is 5.80. The fourth-order valence-electron chi connectivity index (χ4n) is 1.86. The van der Waals surface area contributed by atoms with E-state index in [2.05, 4.69) is 15.7 Å². The smallest absolute Gasteiger partial charge is 0.242 e. The van der Waals surface area contributed by atoms with E-state index in [-0.39, 0.29) is 18.4 Å². The third-order valence-corrected chi connectivity index (χ3v) is 2.74. The molecule has 1 atom stereocenters. The zero-order chi connectivity index (χ0) is 12.1. The summed E-state index contributed by atoms with van der Waals surface area (Å²) in [6.45, 7) is 0.848. The quantitative estimate of drug-likeness (QED) is 0.754. The van der Waals surface area contributed by atoms with Crippen LogP contribution in [0, 0.1) is 0 Å². The van der Waals surface area contributed by atoms with Crippen LogP contribution in [0.3, 0.4) is 0 Å². The number of amides is 2. The second kappa shape index (κ2) is 5.47. The molecule has 1 aromatic heterocycles. The standard InChI is InChI=1S/C11H16N4O2/c16-10(8-15-7-3-6-13-15)14-9-4-1-2-5-12-11(9)17/h3,6-7,9H,1-2,4-5,8H2,(H,12,17)(H,14,16)/t9-/m0/s1. The van der Waals surface area contributed by atoms with Crippen molar-refractivity contribution in [3.63, 3.8) is 0 Å². The molecule has 6 nitrogen and oxygen atoms in total. The Kier molecular flexibility index (Phi) is 3.74. The number of hydrogen-bond acceptors (Lipinski definition) is 3. The Morgan fingerprint density at radius 2 is 2.47 bits per heavy atom. The minimum atomic E-state index is -0.402. The molecule has 1 saturated heterocycles. The van der Waals surface area contributed by atoms with E-state index in [0.717, 1.165) is 12.8 Å². The predicted octanol–water partition coefficient (Wildman–Crippen LogP) is -0.332. The van der Waals surface area contributed by atoms with Crippen LogP contribution >= 0.6 is 0 Å². The number of nitrogens with zero attached hydrogens (tertiary/aromatic N) is 2. The average molecular weight is 236 g/mol. The average Bonchev–Trinajstić information content (AvgIpc) is 2.71. The second-order valence-electron chi connectivity index (χ2n) is 4.11. The Bertz CT molecular complexity index is 388. The first-order chi connectivity index (χ1) is 8.25. The Balaban J connectivity index is 1.86. The van der Waals surface area contributed by atoms with Crippen molar-refractivity contribution in [3.05, 3.63) is 18.5 Å².